The molecule has 0 atom stereocenters. The van der Waals surface area contributed by atoms with Crippen molar-refractivity contribution in [2.24, 2.45) is 0 Å². The predicted octanol–water partition coefficient (Wildman–Crippen LogP) is 7.13. The second-order valence-electron chi connectivity index (χ2n) is 10.4. The summed E-state index contributed by atoms with van der Waals surface area (Å²) in [7, 11) is 0. The van der Waals surface area contributed by atoms with Crippen LogP contribution >= 0.6 is 47.2 Å². The zero-order valence-corrected chi connectivity index (χ0v) is 27.5. The molecule has 0 spiro atoms. The fourth-order valence-electron chi connectivity index (χ4n) is 4.92. The van der Waals surface area contributed by atoms with Crippen molar-refractivity contribution in [3.63, 3.8) is 0 Å². The number of hydrogen-bond donors (Lipinski definition) is 1. The van der Waals surface area contributed by atoms with Crippen molar-refractivity contribution in [2.75, 3.05) is 52.6 Å². The molecule has 1 amide bonds. The van der Waals surface area contributed by atoms with E-state index in [0.29, 0.717) is 56.9 Å². The average Bonchev–Trinajstić information content (AvgIpc) is 3.30. The summed E-state index contributed by atoms with van der Waals surface area (Å²) in [6, 6.07) is 17.4. The van der Waals surface area contributed by atoms with E-state index >= 15 is 0 Å². The molecule has 2 saturated heterocycles. The molecule has 1 N–H and O–H groups in total. The number of rotatable bonds is 13. The first-order valence-corrected chi connectivity index (χ1v) is 16.5. The number of nitrogens with zero attached hydrogens (tertiary/aromatic N) is 2. The first-order valence-electron chi connectivity index (χ1n) is 14.5. The summed E-state index contributed by atoms with van der Waals surface area (Å²) < 4.78 is 17.9. The lowest BCUT2D eigenvalue weighted by molar-refractivity contribution is -0.122. The number of carbonyl (C=O) groups excluding carboxylic acids is 1. The highest BCUT2D eigenvalue weighted by Crippen LogP contribution is 2.37. The Morgan fingerprint density at radius 1 is 0.978 bits per heavy atom. The lowest BCUT2D eigenvalue weighted by atomic mass is 10.0. The molecule has 12 heteroatoms. The Morgan fingerprint density at radius 2 is 1.71 bits per heavy atom. The minimum Gasteiger partial charge on any atom is -0.494 e. The van der Waals surface area contributed by atoms with Gasteiger partial charge < -0.3 is 19.3 Å². The number of thiocarbonyl (C=S) groups is 1. The van der Waals surface area contributed by atoms with E-state index in [1.54, 1.807) is 29.2 Å². The largest absolute Gasteiger partial charge is 0.494 e. The fraction of sp³-hybridized carbons (Fsp3) is 0.303. The van der Waals surface area contributed by atoms with Crippen LogP contribution in [0.3, 0.4) is 0 Å². The number of thioether (sulfide) groups is 1. The zero-order chi connectivity index (χ0) is 31.8. The minimum atomic E-state index is -0.994. The number of amides is 1. The van der Waals surface area contributed by atoms with E-state index in [1.807, 2.05) is 30.3 Å². The molecule has 2 aliphatic rings. The number of aromatic carboxylic acids is 1. The van der Waals surface area contributed by atoms with Crippen LogP contribution in [0.25, 0.3) is 17.2 Å². The van der Waals surface area contributed by atoms with Crippen molar-refractivity contribution < 1.29 is 28.9 Å². The van der Waals surface area contributed by atoms with Crippen molar-refractivity contribution in [1.29, 1.82) is 0 Å². The van der Waals surface area contributed by atoms with Crippen LogP contribution in [0, 0.1) is 0 Å². The van der Waals surface area contributed by atoms with Gasteiger partial charge in [0.05, 0.1) is 36.9 Å². The van der Waals surface area contributed by atoms with E-state index < -0.39 is 5.97 Å². The topological polar surface area (TPSA) is 88.5 Å². The number of hydrogen-bond acceptors (Lipinski definition) is 8. The smallest absolute Gasteiger partial charge is 0.335 e. The van der Waals surface area contributed by atoms with Crippen molar-refractivity contribution in [2.45, 2.75) is 12.8 Å². The summed E-state index contributed by atoms with van der Waals surface area (Å²) in [5.41, 5.74) is 2.63. The van der Waals surface area contributed by atoms with Gasteiger partial charge in [-0.15, -0.1) is 0 Å². The Kier molecular flexibility index (Phi) is 11.8. The molecule has 5 rings (SSSR count). The summed E-state index contributed by atoms with van der Waals surface area (Å²) >= 11 is 19.5. The van der Waals surface area contributed by atoms with Gasteiger partial charge >= 0.3 is 5.97 Å². The van der Waals surface area contributed by atoms with Crippen LogP contribution < -0.4 is 9.47 Å². The third kappa shape index (κ3) is 9.00. The maximum absolute atomic E-state index is 13.4. The van der Waals surface area contributed by atoms with Crippen LogP contribution in [-0.2, 0) is 9.53 Å². The molecule has 0 aliphatic carbocycles. The number of halogens is 2. The molecule has 0 unspecified atom stereocenters. The highest BCUT2D eigenvalue weighted by Gasteiger charge is 2.32. The second-order valence-corrected chi connectivity index (χ2v) is 12.9. The fourth-order valence-corrected chi connectivity index (χ4v) is 6.74. The number of morpholine rings is 1. The predicted molar refractivity (Wildman–Crippen MR) is 183 cm³/mol. The molecule has 8 nitrogen and oxygen atoms in total. The van der Waals surface area contributed by atoms with Crippen LogP contribution in [-0.4, -0.2) is 83.7 Å². The van der Waals surface area contributed by atoms with Gasteiger partial charge in [-0.2, -0.15) is 0 Å². The van der Waals surface area contributed by atoms with E-state index in [2.05, 4.69) is 4.90 Å². The zero-order valence-electron chi connectivity index (χ0n) is 24.4. The third-order valence-electron chi connectivity index (χ3n) is 7.29. The Labute approximate surface area is 281 Å². The van der Waals surface area contributed by atoms with E-state index in [1.165, 1.54) is 23.9 Å². The average molecular weight is 688 g/mol. The van der Waals surface area contributed by atoms with Crippen LogP contribution in [0.2, 0.25) is 10.0 Å². The number of carboxylic acid groups (broad SMARTS) is 1. The Balaban J connectivity index is 1.26. The molecular weight excluding hydrogens is 655 g/mol. The van der Waals surface area contributed by atoms with Gasteiger partial charge in [-0.25, -0.2) is 4.79 Å². The third-order valence-corrected chi connectivity index (χ3v) is 9.21. The molecule has 0 bridgehead atoms. The SMILES string of the molecule is O=C(O)c1ccc(OCCCN2C(=O)C(=Cc3cc(-c4ccc(Cl)cc4Cl)ccc3OCCCN3CCOCC3)SC2=S)cc1. The summed E-state index contributed by atoms with van der Waals surface area (Å²) in [5, 5.41) is 10.1. The lowest BCUT2D eigenvalue weighted by Crippen LogP contribution is -2.37. The van der Waals surface area contributed by atoms with Crippen molar-refractivity contribution in [1.82, 2.24) is 9.80 Å². The van der Waals surface area contributed by atoms with Gasteiger partial charge in [0.15, 0.2) is 0 Å². The summed E-state index contributed by atoms with van der Waals surface area (Å²) in [5.74, 6) is 0.0535. The van der Waals surface area contributed by atoms with Gasteiger partial charge in [0.25, 0.3) is 5.91 Å². The molecule has 2 heterocycles. The Hall–Kier alpha value is -3.12. The van der Waals surface area contributed by atoms with E-state index in [0.717, 1.165) is 56.0 Å². The molecule has 2 aliphatic heterocycles. The van der Waals surface area contributed by atoms with Gasteiger partial charge in [0, 0.05) is 47.4 Å². The summed E-state index contributed by atoms with van der Waals surface area (Å²) in [4.78, 5) is 28.9. The maximum Gasteiger partial charge on any atom is 0.335 e. The number of ether oxygens (including phenoxy) is 3. The van der Waals surface area contributed by atoms with Crippen LogP contribution in [0.1, 0.15) is 28.8 Å². The van der Waals surface area contributed by atoms with E-state index in [9.17, 15) is 9.59 Å². The highest BCUT2D eigenvalue weighted by atomic mass is 35.5. The molecule has 0 aromatic heterocycles. The highest BCUT2D eigenvalue weighted by molar-refractivity contribution is 8.26. The first-order chi connectivity index (χ1) is 21.8. The molecule has 2 fully saturated rings. The summed E-state index contributed by atoms with van der Waals surface area (Å²) in [6.45, 7) is 5.55. The van der Waals surface area contributed by atoms with Gasteiger partial charge in [-0.05, 0) is 73.0 Å². The minimum absolute atomic E-state index is 0.177. The van der Waals surface area contributed by atoms with E-state index in [-0.39, 0.29) is 11.5 Å². The van der Waals surface area contributed by atoms with Gasteiger partial charge in [0.1, 0.15) is 15.8 Å². The lowest BCUT2D eigenvalue weighted by Gasteiger charge is -2.26. The molecule has 236 valence electrons. The first kappa shape index (κ1) is 33.2. The van der Waals surface area contributed by atoms with Crippen molar-refractivity contribution in [3.05, 3.63) is 86.7 Å². The standard InChI is InChI=1S/C33H32Cl2N2O6S2/c34-25-6-9-27(28(35)21-25)23-5-10-29(43-16-1-11-36-13-17-41-18-14-36)24(19-23)20-30-31(38)37(33(44)45-30)12-2-15-42-26-7-3-22(4-8-26)32(39)40/h3-10,19-21H,1-2,11-18H2,(H,39,40). The molecular formula is C33H32Cl2N2O6S2. The van der Waals surface area contributed by atoms with Crippen LogP contribution in [0.4, 0.5) is 0 Å². The number of carbonyl (C=O) groups is 2. The normalized spacial score (nSPS) is 16.4. The van der Waals surface area contributed by atoms with Gasteiger partial charge in [-0.1, -0.05) is 59.3 Å². The molecule has 45 heavy (non-hydrogen) atoms. The van der Waals surface area contributed by atoms with Gasteiger partial charge in [-0.3, -0.25) is 14.6 Å². The van der Waals surface area contributed by atoms with Crippen molar-refractivity contribution in [3.8, 4) is 22.6 Å². The molecule has 0 radical (unpaired) electrons. The Bertz CT molecular complexity index is 1580. The van der Waals surface area contributed by atoms with Crippen molar-refractivity contribution >= 4 is 69.5 Å². The number of carboxylic acids is 1. The second kappa shape index (κ2) is 15.9. The maximum atomic E-state index is 13.4. The molecule has 3 aromatic rings. The Morgan fingerprint density at radius 3 is 2.44 bits per heavy atom. The summed E-state index contributed by atoms with van der Waals surface area (Å²) in [6.07, 6.45) is 3.23. The van der Waals surface area contributed by atoms with Gasteiger partial charge in [0.2, 0.25) is 0 Å². The quantitative estimate of drug-likeness (QED) is 0.115. The molecule has 3 aromatic carbocycles. The number of benzene rings is 3. The van der Waals surface area contributed by atoms with E-state index in [4.69, 9.17) is 54.7 Å². The molecule has 0 saturated carbocycles. The monoisotopic (exact) mass is 686 g/mol. The van der Waals surface area contributed by atoms with Crippen LogP contribution in [0.15, 0.2) is 65.6 Å². The van der Waals surface area contributed by atoms with Crippen LogP contribution in [0.5, 0.6) is 11.5 Å².